The van der Waals surface area contributed by atoms with E-state index < -0.39 is 12.0 Å². The Hall–Kier alpha value is -1.81. The third kappa shape index (κ3) is 5.01. The van der Waals surface area contributed by atoms with Gasteiger partial charge in [-0.15, -0.1) is 0 Å². The van der Waals surface area contributed by atoms with E-state index in [2.05, 4.69) is 0 Å². The Morgan fingerprint density at radius 2 is 2.00 bits per heavy atom. The van der Waals surface area contributed by atoms with E-state index >= 15 is 0 Å². The molecule has 0 bridgehead atoms. The molecule has 0 radical (unpaired) electrons. The first-order valence-corrected chi connectivity index (χ1v) is 5.82. The Kier molecular flexibility index (Phi) is 5.39. The first-order chi connectivity index (χ1) is 8.49. The monoisotopic (exact) mass is 249 g/mol. The van der Waals surface area contributed by atoms with Gasteiger partial charge in [0.2, 0.25) is 0 Å². The molecule has 1 aromatic carbocycles. The van der Waals surface area contributed by atoms with Crippen LogP contribution in [0.15, 0.2) is 35.9 Å². The van der Waals surface area contributed by atoms with Crippen LogP contribution in [-0.2, 0) is 11.2 Å². The van der Waals surface area contributed by atoms with Gasteiger partial charge in [0.15, 0.2) is 0 Å². The summed E-state index contributed by atoms with van der Waals surface area (Å²) in [5.41, 5.74) is 7.56. The molecule has 1 unspecified atom stereocenters. The summed E-state index contributed by atoms with van der Waals surface area (Å²) in [6.07, 6.45) is 2.32. The molecule has 0 fully saturated rings. The van der Waals surface area contributed by atoms with E-state index in [1.54, 1.807) is 0 Å². The molecule has 0 saturated carbocycles. The first-order valence-electron chi connectivity index (χ1n) is 5.82. The van der Waals surface area contributed by atoms with Crippen LogP contribution in [0.3, 0.4) is 0 Å². The second kappa shape index (κ2) is 6.81. The summed E-state index contributed by atoms with van der Waals surface area (Å²) in [4.78, 5) is 10.6. The van der Waals surface area contributed by atoms with Crippen LogP contribution < -0.4 is 10.5 Å². The third-order valence-corrected chi connectivity index (χ3v) is 2.44. The fourth-order valence-corrected chi connectivity index (χ4v) is 1.37. The Labute approximate surface area is 107 Å². The number of hydrogen-bond donors (Lipinski definition) is 2. The molecule has 0 aromatic heterocycles. The largest absolute Gasteiger partial charge is 0.490 e. The maximum Gasteiger partial charge on any atom is 0.320 e. The molecule has 0 aliphatic carbocycles. The number of benzene rings is 1. The van der Waals surface area contributed by atoms with Crippen LogP contribution in [0, 0.1) is 0 Å². The Morgan fingerprint density at radius 3 is 2.50 bits per heavy atom. The van der Waals surface area contributed by atoms with Crippen molar-refractivity contribution in [2.24, 2.45) is 5.73 Å². The molecule has 4 nitrogen and oxygen atoms in total. The standard InChI is InChI=1S/C14H19NO3/c1-10(2)7-8-18-12-5-3-11(4-6-12)9-13(15)14(16)17/h3-7,13H,8-9,15H2,1-2H3,(H,16,17). The molecule has 98 valence electrons. The van der Waals surface area contributed by atoms with Gasteiger partial charge in [0.1, 0.15) is 18.4 Å². The fraction of sp³-hybridized carbons (Fsp3) is 0.357. The molecule has 0 amide bonds. The number of carbonyl (C=O) groups is 1. The zero-order valence-electron chi connectivity index (χ0n) is 10.7. The number of rotatable bonds is 6. The summed E-state index contributed by atoms with van der Waals surface area (Å²) in [7, 11) is 0. The van der Waals surface area contributed by atoms with Gasteiger partial charge in [-0.1, -0.05) is 17.7 Å². The quantitative estimate of drug-likeness (QED) is 0.756. The summed E-state index contributed by atoms with van der Waals surface area (Å²) in [6.45, 7) is 4.57. The van der Waals surface area contributed by atoms with Gasteiger partial charge in [0.05, 0.1) is 0 Å². The molecule has 0 spiro atoms. The van der Waals surface area contributed by atoms with Crippen molar-refractivity contribution in [1.82, 2.24) is 0 Å². The zero-order chi connectivity index (χ0) is 13.5. The molecular formula is C14H19NO3. The van der Waals surface area contributed by atoms with Crippen LogP contribution in [0.4, 0.5) is 0 Å². The van der Waals surface area contributed by atoms with Crippen LogP contribution in [0.5, 0.6) is 5.75 Å². The van der Waals surface area contributed by atoms with Gasteiger partial charge in [-0.3, -0.25) is 4.79 Å². The lowest BCUT2D eigenvalue weighted by molar-refractivity contribution is -0.138. The van der Waals surface area contributed by atoms with Crippen molar-refractivity contribution in [3.05, 3.63) is 41.5 Å². The summed E-state index contributed by atoms with van der Waals surface area (Å²) < 4.78 is 5.50. The van der Waals surface area contributed by atoms with Crippen LogP contribution in [0.1, 0.15) is 19.4 Å². The number of carboxylic acid groups (broad SMARTS) is 1. The lowest BCUT2D eigenvalue weighted by atomic mass is 10.1. The third-order valence-electron chi connectivity index (χ3n) is 2.44. The highest BCUT2D eigenvalue weighted by Gasteiger charge is 2.11. The minimum absolute atomic E-state index is 0.323. The molecule has 0 saturated heterocycles. The van der Waals surface area contributed by atoms with E-state index in [9.17, 15) is 4.79 Å². The van der Waals surface area contributed by atoms with Crippen molar-refractivity contribution < 1.29 is 14.6 Å². The minimum Gasteiger partial charge on any atom is -0.490 e. The number of aliphatic carboxylic acids is 1. The Bertz CT molecular complexity index is 419. The molecule has 1 aromatic rings. The molecule has 3 N–H and O–H groups in total. The first kappa shape index (κ1) is 14.3. The van der Waals surface area contributed by atoms with Crippen LogP contribution in [-0.4, -0.2) is 23.7 Å². The van der Waals surface area contributed by atoms with Gasteiger partial charge in [0, 0.05) is 0 Å². The van der Waals surface area contributed by atoms with Crippen LogP contribution >= 0.6 is 0 Å². The molecule has 1 rings (SSSR count). The molecule has 1 atom stereocenters. The van der Waals surface area contributed by atoms with E-state index in [1.165, 1.54) is 5.57 Å². The Balaban J connectivity index is 2.52. The maximum atomic E-state index is 10.6. The highest BCUT2D eigenvalue weighted by atomic mass is 16.5. The second-order valence-corrected chi connectivity index (χ2v) is 4.39. The van der Waals surface area contributed by atoms with Crippen molar-refractivity contribution in [2.45, 2.75) is 26.3 Å². The molecule has 0 aliphatic heterocycles. The van der Waals surface area contributed by atoms with E-state index in [0.29, 0.717) is 13.0 Å². The molecule has 18 heavy (non-hydrogen) atoms. The van der Waals surface area contributed by atoms with Gasteiger partial charge in [0.25, 0.3) is 0 Å². The molecular weight excluding hydrogens is 230 g/mol. The number of carboxylic acids is 1. The summed E-state index contributed by atoms with van der Waals surface area (Å²) in [5.74, 6) is -0.223. The minimum atomic E-state index is -0.987. The average molecular weight is 249 g/mol. The van der Waals surface area contributed by atoms with Crippen molar-refractivity contribution >= 4 is 5.97 Å². The van der Waals surface area contributed by atoms with Crippen molar-refractivity contribution in [3.63, 3.8) is 0 Å². The zero-order valence-corrected chi connectivity index (χ0v) is 10.7. The van der Waals surface area contributed by atoms with E-state index in [0.717, 1.165) is 11.3 Å². The SMILES string of the molecule is CC(C)=CCOc1ccc(CC(N)C(=O)O)cc1. The predicted molar refractivity (Wildman–Crippen MR) is 70.7 cm³/mol. The number of nitrogens with two attached hydrogens (primary N) is 1. The van der Waals surface area contributed by atoms with Gasteiger partial charge >= 0.3 is 5.97 Å². The highest BCUT2D eigenvalue weighted by Crippen LogP contribution is 2.13. The molecule has 4 heteroatoms. The van der Waals surface area contributed by atoms with E-state index in [1.807, 2.05) is 44.2 Å². The Morgan fingerprint density at radius 1 is 1.39 bits per heavy atom. The molecule has 0 aliphatic rings. The lowest BCUT2D eigenvalue weighted by Gasteiger charge is -2.08. The van der Waals surface area contributed by atoms with Gasteiger partial charge < -0.3 is 15.6 Å². The van der Waals surface area contributed by atoms with E-state index in [-0.39, 0.29) is 0 Å². The van der Waals surface area contributed by atoms with Gasteiger partial charge in [-0.05, 0) is 44.0 Å². The fourth-order valence-electron chi connectivity index (χ4n) is 1.37. The normalized spacial score (nSPS) is 11.7. The maximum absolute atomic E-state index is 10.6. The number of allylic oxidation sites excluding steroid dienone is 1. The topological polar surface area (TPSA) is 72.5 Å². The smallest absolute Gasteiger partial charge is 0.320 e. The van der Waals surface area contributed by atoms with Gasteiger partial charge in [-0.2, -0.15) is 0 Å². The second-order valence-electron chi connectivity index (χ2n) is 4.39. The number of ether oxygens (including phenoxy) is 1. The lowest BCUT2D eigenvalue weighted by Crippen LogP contribution is -2.32. The predicted octanol–water partition coefficient (Wildman–Crippen LogP) is 1.99. The van der Waals surface area contributed by atoms with Crippen molar-refractivity contribution in [1.29, 1.82) is 0 Å². The van der Waals surface area contributed by atoms with Crippen molar-refractivity contribution in [2.75, 3.05) is 6.61 Å². The van der Waals surface area contributed by atoms with Gasteiger partial charge in [-0.25, -0.2) is 0 Å². The number of hydrogen-bond acceptors (Lipinski definition) is 3. The summed E-state index contributed by atoms with van der Waals surface area (Å²) >= 11 is 0. The van der Waals surface area contributed by atoms with E-state index in [4.69, 9.17) is 15.6 Å². The summed E-state index contributed by atoms with van der Waals surface area (Å²) in [5, 5.41) is 8.71. The summed E-state index contributed by atoms with van der Waals surface area (Å²) in [6, 6.07) is 6.45. The molecule has 0 heterocycles. The van der Waals surface area contributed by atoms with Crippen molar-refractivity contribution in [3.8, 4) is 5.75 Å². The average Bonchev–Trinajstić information content (AvgIpc) is 2.30. The van der Waals surface area contributed by atoms with Crippen LogP contribution in [0.2, 0.25) is 0 Å². The van der Waals surface area contributed by atoms with Crippen LogP contribution in [0.25, 0.3) is 0 Å². The highest BCUT2D eigenvalue weighted by molar-refractivity contribution is 5.73.